The van der Waals surface area contributed by atoms with Gasteiger partial charge >= 0.3 is 0 Å². The molecule has 1 aliphatic heterocycles. The Morgan fingerprint density at radius 1 is 1.53 bits per heavy atom. The van der Waals surface area contributed by atoms with Crippen LogP contribution in [0.15, 0.2) is 0 Å². The molecule has 1 aromatic rings. The van der Waals surface area contributed by atoms with E-state index in [1.165, 1.54) is 11.8 Å². The summed E-state index contributed by atoms with van der Waals surface area (Å²) in [5, 5.41) is 3.42. The van der Waals surface area contributed by atoms with Gasteiger partial charge in [-0.3, -0.25) is 9.69 Å². The first-order valence-electron chi connectivity index (χ1n) is 5.69. The molecule has 2 rings (SSSR count). The third kappa shape index (κ3) is 3.49. The molecule has 1 N–H and O–H groups in total. The average Bonchev–Trinajstić information content (AvgIpc) is 2.59. The van der Waals surface area contributed by atoms with Crippen LogP contribution in [0.2, 0.25) is 0 Å². The third-order valence-electron chi connectivity index (χ3n) is 2.65. The first-order valence-corrected chi connectivity index (χ1v) is 6.51. The Morgan fingerprint density at radius 3 is 2.88 bits per heavy atom. The minimum atomic E-state index is -0.0725. The summed E-state index contributed by atoms with van der Waals surface area (Å²) in [6.45, 7) is 7.91. The van der Waals surface area contributed by atoms with Crippen molar-refractivity contribution < 1.29 is 9.53 Å². The number of carbonyl (C=O) groups is 1. The summed E-state index contributed by atoms with van der Waals surface area (Å²) in [7, 11) is 0. The summed E-state index contributed by atoms with van der Waals surface area (Å²) in [5.41, 5.74) is 1.00. The summed E-state index contributed by atoms with van der Waals surface area (Å²) >= 11 is 1.56. The molecule has 1 fully saturated rings. The lowest BCUT2D eigenvalue weighted by molar-refractivity contribution is -0.114. The van der Waals surface area contributed by atoms with Crippen molar-refractivity contribution in [2.75, 3.05) is 31.6 Å². The molecule has 17 heavy (non-hydrogen) atoms. The molecule has 0 unspecified atom stereocenters. The van der Waals surface area contributed by atoms with E-state index in [9.17, 15) is 4.79 Å². The summed E-state index contributed by atoms with van der Waals surface area (Å²) in [6.07, 6.45) is 0. The van der Waals surface area contributed by atoms with Crippen LogP contribution >= 0.6 is 11.3 Å². The van der Waals surface area contributed by atoms with Crippen LogP contribution in [0.4, 0.5) is 5.13 Å². The summed E-state index contributed by atoms with van der Waals surface area (Å²) < 4.78 is 5.31. The molecule has 1 aromatic heterocycles. The van der Waals surface area contributed by atoms with Gasteiger partial charge in [0.1, 0.15) is 0 Å². The van der Waals surface area contributed by atoms with Crippen molar-refractivity contribution in [2.24, 2.45) is 0 Å². The van der Waals surface area contributed by atoms with Gasteiger partial charge in [-0.1, -0.05) is 0 Å². The van der Waals surface area contributed by atoms with Gasteiger partial charge in [-0.05, 0) is 6.92 Å². The van der Waals surface area contributed by atoms with Crippen molar-refractivity contribution in [1.29, 1.82) is 0 Å². The number of rotatable bonds is 3. The van der Waals surface area contributed by atoms with Crippen LogP contribution in [0.1, 0.15) is 17.5 Å². The van der Waals surface area contributed by atoms with Gasteiger partial charge in [-0.25, -0.2) is 4.98 Å². The lowest BCUT2D eigenvalue weighted by Crippen LogP contribution is -2.35. The zero-order valence-corrected chi connectivity index (χ0v) is 11.0. The lowest BCUT2D eigenvalue weighted by Gasteiger charge is -2.25. The number of hydrogen-bond donors (Lipinski definition) is 1. The number of thiazole rings is 1. The first-order chi connectivity index (χ1) is 8.15. The van der Waals surface area contributed by atoms with E-state index in [1.54, 1.807) is 11.3 Å². The number of nitrogens with zero attached hydrogens (tertiary/aromatic N) is 2. The number of carbonyl (C=O) groups excluding carboxylic acids is 1. The SMILES string of the molecule is CC(=O)Nc1nc(C)c(CN2CCOCC2)s1. The van der Waals surface area contributed by atoms with E-state index in [1.807, 2.05) is 6.92 Å². The topological polar surface area (TPSA) is 54.5 Å². The highest BCUT2D eigenvalue weighted by molar-refractivity contribution is 7.15. The molecule has 0 aromatic carbocycles. The highest BCUT2D eigenvalue weighted by atomic mass is 32.1. The standard InChI is InChI=1S/C11H17N3O2S/c1-8-10(7-14-3-5-16-6-4-14)17-11(12-8)13-9(2)15/h3-7H2,1-2H3,(H,12,13,15). The molecule has 0 bridgehead atoms. The predicted molar refractivity (Wildman–Crippen MR) is 67.3 cm³/mol. The van der Waals surface area contributed by atoms with Crippen LogP contribution in [0, 0.1) is 6.92 Å². The van der Waals surface area contributed by atoms with Crippen LogP contribution < -0.4 is 5.32 Å². The van der Waals surface area contributed by atoms with Gasteiger partial charge in [0.15, 0.2) is 5.13 Å². The predicted octanol–water partition coefficient (Wildman–Crippen LogP) is 1.24. The molecule has 1 amide bonds. The van der Waals surface area contributed by atoms with Gasteiger partial charge in [-0.2, -0.15) is 0 Å². The highest BCUT2D eigenvalue weighted by Gasteiger charge is 2.15. The second kappa shape index (κ2) is 5.57. The van der Waals surface area contributed by atoms with Gasteiger partial charge in [0.25, 0.3) is 0 Å². The number of amides is 1. The molecule has 0 saturated carbocycles. The van der Waals surface area contributed by atoms with Crippen LogP contribution in [-0.2, 0) is 16.1 Å². The van der Waals surface area contributed by atoms with Gasteiger partial charge in [-0.15, -0.1) is 11.3 Å². The van der Waals surface area contributed by atoms with E-state index in [-0.39, 0.29) is 5.91 Å². The minimum Gasteiger partial charge on any atom is -0.379 e. The van der Waals surface area contributed by atoms with Crippen molar-refractivity contribution >= 4 is 22.4 Å². The summed E-state index contributed by atoms with van der Waals surface area (Å²) in [4.78, 5) is 18.9. The Balaban J connectivity index is 1.99. The van der Waals surface area contributed by atoms with Gasteiger partial charge in [0.2, 0.25) is 5.91 Å². The number of aromatic nitrogens is 1. The molecule has 0 spiro atoms. The van der Waals surface area contributed by atoms with Gasteiger partial charge < -0.3 is 10.1 Å². The minimum absolute atomic E-state index is 0.0725. The molecule has 0 atom stereocenters. The molecule has 5 nitrogen and oxygen atoms in total. The molecule has 6 heteroatoms. The molecule has 0 radical (unpaired) electrons. The van der Waals surface area contributed by atoms with Crippen molar-refractivity contribution in [1.82, 2.24) is 9.88 Å². The average molecular weight is 255 g/mol. The fraction of sp³-hybridized carbons (Fsp3) is 0.636. The van der Waals surface area contributed by atoms with Crippen molar-refractivity contribution in [3.05, 3.63) is 10.6 Å². The van der Waals surface area contributed by atoms with Crippen LogP contribution in [0.3, 0.4) is 0 Å². The smallest absolute Gasteiger partial charge is 0.223 e. The number of aryl methyl sites for hydroxylation is 1. The maximum absolute atomic E-state index is 11.0. The molecule has 94 valence electrons. The van der Waals surface area contributed by atoms with Gasteiger partial charge in [0.05, 0.1) is 18.9 Å². The summed E-state index contributed by atoms with van der Waals surface area (Å²) in [5.74, 6) is -0.0725. The molecule has 1 aliphatic rings. The Kier molecular flexibility index (Phi) is 4.09. The maximum atomic E-state index is 11.0. The molecular weight excluding hydrogens is 238 g/mol. The van der Waals surface area contributed by atoms with Crippen molar-refractivity contribution in [3.63, 3.8) is 0 Å². The van der Waals surface area contributed by atoms with Crippen LogP contribution in [-0.4, -0.2) is 42.1 Å². The van der Waals surface area contributed by atoms with Crippen molar-refractivity contribution in [2.45, 2.75) is 20.4 Å². The monoisotopic (exact) mass is 255 g/mol. The van der Waals surface area contributed by atoms with E-state index in [2.05, 4.69) is 15.2 Å². The van der Waals surface area contributed by atoms with Crippen molar-refractivity contribution in [3.8, 4) is 0 Å². The third-order valence-corrected chi connectivity index (χ3v) is 3.70. The molecule has 0 aliphatic carbocycles. The lowest BCUT2D eigenvalue weighted by atomic mass is 10.3. The zero-order chi connectivity index (χ0) is 12.3. The number of hydrogen-bond acceptors (Lipinski definition) is 5. The Morgan fingerprint density at radius 2 is 2.24 bits per heavy atom. The Hall–Kier alpha value is -0.980. The number of anilines is 1. The van der Waals surface area contributed by atoms with E-state index in [0.717, 1.165) is 38.5 Å². The van der Waals surface area contributed by atoms with Gasteiger partial charge in [0, 0.05) is 31.4 Å². The fourth-order valence-electron chi connectivity index (χ4n) is 1.74. The molecule has 1 saturated heterocycles. The molecular formula is C11H17N3O2S. The Bertz CT molecular complexity index is 399. The maximum Gasteiger partial charge on any atom is 0.223 e. The van der Waals surface area contributed by atoms with E-state index in [4.69, 9.17) is 4.74 Å². The zero-order valence-electron chi connectivity index (χ0n) is 10.2. The van der Waals surface area contributed by atoms with Crippen LogP contribution in [0.25, 0.3) is 0 Å². The van der Waals surface area contributed by atoms with E-state index >= 15 is 0 Å². The highest BCUT2D eigenvalue weighted by Crippen LogP contribution is 2.24. The van der Waals surface area contributed by atoms with E-state index in [0.29, 0.717) is 5.13 Å². The normalized spacial score (nSPS) is 17.1. The quantitative estimate of drug-likeness (QED) is 0.883. The second-order valence-electron chi connectivity index (χ2n) is 4.10. The molecule has 2 heterocycles. The second-order valence-corrected chi connectivity index (χ2v) is 5.18. The Labute approximate surface area is 105 Å². The van der Waals surface area contributed by atoms with E-state index < -0.39 is 0 Å². The number of nitrogens with one attached hydrogen (secondary N) is 1. The largest absolute Gasteiger partial charge is 0.379 e. The van der Waals surface area contributed by atoms with Crippen LogP contribution in [0.5, 0.6) is 0 Å². The summed E-state index contributed by atoms with van der Waals surface area (Å²) in [6, 6.07) is 0. The number of ether oxygens (including phenoxy) is 1. The fourth-order valence-corrected chi connectivity index (χ4v) is 2.79. The first kappa shape index (κ1) is 12.5. The number of morpholine rings is 1.